The van der Waals surface area contributed by atoms with Crippen molar-refractivity contribution >= 4 is 27.2 Å². The van der Waals surface area contributed by atoms with E-state index in [1.807, 2.05) is 11.6 Å². The second-order valence-electron chi connectivity index (χ2n) is 3.67. The summed E-state index contributed by atoms with van der Waals surface area (Å²) in [6.45, 7) is 1.98. The Morgan fingerprint density at radius 2 is 1.88 bits per heavy atom. The Hall–Kier alpha value is -0.370. The fourth-order valence-electron chi connectivity index (χ4n) is 1.06. The summed E-state index contributed by atoms with van der Waals surface area (Å²) < 4.78 is 60.0. The highest BCUT2D eigenvalue weighted by Crippen LogP contribution is 2.19. The van der Waals surface area contributed by atoms with Crippen LogP contribution in [-0.4, -0.2) is 25.3 Å². The fraction of sp³-hybridized carbons (Fsp3) is 0.889. The first-order valence-electron chi connectivity index (χ1n) is 5.26. The highest BCUT2D eigenvalue weighted by Gasteiger charge is 2.30. The van der Waals surface area contributed by atoms with E-state index in [9.17, 15) is 21.6 Å². The molecule has 1 N–H and O–H groups in total. The number of alkyl halides is 3. The van der Waals surface area contributed by atoms with Crippen LogP contribution in [0.2, 0.25) is 0 Å². The van der Waals surface area contributed by atoms with E-state index in [0.29, 0.717) is 6.42 Å². The zero-order valence-corrected chi connectivity index (χ0v) is 11.1. The minimum atomic E-state index is -4.47. The van der Waals surface area contributed by atoms with E-state index in [1.165, 1.54) is 0 Å². The zero-order valence-electron chi connectivity index (χ0n) is 9.51. The first kappa shape index (κ1) is 16.6. The minimum absolute atomic E-state index is 0.0839. The second kappa shape index (κ2) is 7.15. The maximum Gasteiger partial charge on any atom is 0.390 e. The van der Waals surface area contributed by atoms with Gasteiger partial charge in [0, 0.05) is 0 Å². The molecule has 0 aromatic rings. The molecule has 0 fully saturated rings. The molecule has 0 aromatic heterocycles. The molecule has 0 aliphatic rings. The summed E-state index contributed by atoms with van der Waals surface area (Å²) in [7, 11) is -3.96. The Bertz CT molecular complexity index is 339. The predicted octanol–water partition coefficient (Wildman–Crippen LogP) is 2.77. The molecule has 17 heavy (non-hydrogen) atoms. The van der Waals surface area contributed by atoms with Gasteiger partial charge in [0.2, 0.25) is 10.0 Å². The molecule has 8 heteroatoms. The molecule has 0 aliphatic carbocycles. The SMILES string of the molecule is CCCCCC(=S)NS(=O)(=O)CCC(F)(F)F. The van der Waals surface area contributed by atoms with Gasteiger partial charge in [0.05, 0.1) is 17.2 Å². The standard InChI is InChI=1S/C9H16F3NO2S2/c1-2-3-4-5-8(16)13-17(14,15)7-6-9(10,11)12/h2-7H2,1H3,(H,13,16). The van der Waals surface area contributed by atoms with E-state index in [4.69, 9.17) is 12.2 Å². The van der Waals surface area contributed by atoms with Crippen molar-refractivity contribution in [1.29, 1.82) is 0 Å². The van der Waals surface area contributed by atoms with Gasteiger partial charge in [-0.1, -0.05) is 32.0 Å². The Morgan fingerprint density at radius 3 is 2.35 bits per heavy atom. The first-order valence-corrected chi connectivity index (χ1v) is 7.32. The maximum atomic E-state index is 11.8. The van der Waals surface area contributed by atoms with Crippen molar-refractivity contribution < 1.29 is 21.6 Å². The molecule has 0 bridgehead atoms. The van der Waals surface area contributed by atoms with Gasteiger partial charge in [0.25, 0.3) is 0 Å². The van der Waals surface area contributed by atoms with Crippen molar-refractivity contribution in [3.8, 4) is 0 Å². The molecule has 0 amide bonds. The summed E-state index contributed by atoms with van der Waals surface area (Å²) in [5.74, 6) is -0.982. The van der Waals surface area contributed by atoms with E-state index in [2.05, 4.69) is 0 Å². The van der Waals surface area contributed by atoms with E-state index < -0.39 is 28.4 Å². The van der Waals surface area contributed by atoms with Gasteiger partial charge in [0.1, 0.15) is 0 Å². The van der Waals surface area contributed by atoms with Crippen molar-refractivity contribution in [3.63, 3.8) is 0 Å². The lowest BCUT2D eigenvalue weighted by Crippen LogP contribution is -2.32. The number of thiocarbonyl (C=S) groups is 1. The van der Waals surface area contributed by atoms with Crippen LogP contribution < -0.4 is 4.72 Å². The quantitative estimate of drug-likeness (QED) is 0.579. The molecule has 0 atom stereocenters. The van der Waals surface area contributed by atoms with Crippen LogP contribution in [-0.2, 0) is 10.0 Å². The van der Waals surface area contributed by atoms with Crippen molar-refractivity contribution in [1.82, 2.24) is 4.72 Å². The third kappa shape index (κ3) is 10.5. The molecular formula is C9H16F3NO2S2. The molecule has 102 valence electrons. The van der Waals surface area contributed by atoms with Crippen molar-refractivity contribution in [3.05, 3.63) is 0 Å². The molecule has 0 rings (SSSR count). The van der Waals surface area contributed by atoms with Gasteiger partial charge in [-0.05, 0) is 12.8 Å². The molecule has 0 radical (unpaired) electrons. The lowest BCUT2D eigenvalue weighted by atomic mass is 10.2. The van der Waals surface area contributed by atoms with Gasteiger partial charge in [0.15, 0.2) is 0 Å². The van der Waals surface area contributed by atoms with Crippen LogP contribution in [0, 0.1) is 0 Å². The normalized spacial score (nSPS) is 12.5. The summed E-state index contributed by atoms with van der Waals surface area (Å²) in [6, 6.07) is 0. The van der Waals surface area contributed by atoms with E-state index in [1.54, 1.807) is 0 Å². The summed E-state index contributed by atoms with van der Waals surface area (Å²) in [4.78, 5) is 0.0839. The van der Waals surface area contributed by atoms with Gasteiger partial charge in [-0.3, -0.25) is 4.72 Å². The number of hydrogen-bond donors (Lipinski definition) is 1. The molecule has 0 aliphatic heterocycles. The van der Waals surface area contributed by atoms with Crippen LogP contribution in [0.4, 0.5) is 13.2 Å². The van der Waals surface area contributed by atoms with Gasteiger partial charge in [-0.25, -0.2) is 8.42 Å². The van der Waals surface area contributed by atoms with Gasteiger partial charge < -0.3 is 0 Å². The largest absolute Gasteiger partial charge is 0.390 e. The van der Waals surface area contributed by atoms with Crippen molar-refractivity contribution in [2.45, 2.75) is 45.2 Å². The molecule has 0 unspecified atom stereocenters. The average molecular weight is 291 g/mol. The number of unbranched alkanes of at least 4 members (excludes halogenated alkanes) is 2. The molecule has 0 spiro atoms. The van der Waals surface area contributed by atoms with Crippen LogP contribution in [0.1, 0.15) is 39.0 Å². The number of nitrogens with one attached hydrogen (secondary N) is 1. The van der Waals surface area contributed by atoms with Crippen LogP contribution in [0.3, 0.4) is 0 Å². The lowest BCUT2D eigenvalue weighted by molar-refractivity contribution is -0.129. The van der Waals surface area contributed by atoms with Gasteiger partial charge in [-0.15, -0.1) is 0 Å². The Labute approximate surface area is 105 Å². The first-order chi connectivity index (χ1) is 7.66. The minimum Gasteiger partial charge on any atom is -0.277 e. The topological polar surface area (TPSA) is 46.2 Å². The van der Waals surface area contributed by atoms with Crippen molar-refractivity contribution in [2.24, 2.45) is 0 Å². The van der Waals surface area contributed by atoms with Crippen LogP contribution in [0.25, 0.3) is 0 Å². The number of sulfonamides is 1. The van der Waals surface area contributed by atoms with Crippen LogP contribution >= 0.6 is 12.2 Å². The van der Waals surface area contributed by atoms with Gasteiger partial charge >= 0.3 is 6.18 Å². The van der Waals surface area contributed by atoms with E-state index >= 15 is 0 Å². The Morgan fingerprint density at radius 1 is 1.29 bits per heavy atom. The second-order valence-corrected chi connectivity index (χ2v) is 6.00. The van der Waals surface area contributed by atoms with Crippen molar-refractivity contribution in [2.75, 3.05) is 5.75 Å². The summed E-state index contributed by atoms with van der Waals surface area (Å²) >= 11 is 4.75. The highest BCUT2D eigenvalue weighted by molar-refractivity contribution is 7.91. The van der Waals surface area contributed by atoms with E-state index in [-0.39, 0.29) is 4.99 Å². The maximum absolute atomic E-state index is 11.8. The fourth-order valence-corrected chi connectivity index (χ4v) is 2.64. The van der Waals surface area contributed by atoms with E-state index in [0.717, 1.165) is 19.3 Å². The summed E-state index contributed by atoms with van der Waals surface area (Å²) in [5, 5.41) is 0. The predicted molar refractivity (Wildman–Crippen MR) is 64.3 cm³/mol. The Balaban J connectivity index is 4.04. The highest BCUT2D eigenvalue weighted by atomic mass is 32.2. The number of rotatable bonds is 7. The smallest absolute Gasteiger partial charge is 0.277 e. The monoisotopic (exact) mass is 291 g/mol. The molecule has 0 heterocycles. The molecule has 0 saturated heterocycles. The summed E-state index contributed by atoms with van der Waals surface area (Å²) in [6.07, 6.45) is -2.85. The third-order valence-electron chi connectivity index (χ3n) is 1.93. The van der Waals surface area contributed by atoms with Crippen LogP contribution in [0.5, 0.6) is 0 Å². The average Bonchev–Trinajstić information content (AvgIpc) is 2.14. The third-order valence-corrected chi connectivity index (χ3v) is 3.67. The Kier molecular flexibility index (Phi) is 6.99. The van der Waals surface area contributed by atoms with Gasteiger partial charge in [-0.2, -0.15) is 13.2 Å². The summed E-state index contributed by atoms with van der Waals surface area (Å²) in [5.41, 5.74) is 0. The lowest BCUT2D eigenvalue weighted by Gasteiger charge is -2.10. The molecule has 0 aromatic carbocycles. The number of hydrogen-bond acceptors (Lipinski definition) is 3. The zero-order chi connectivity index (χ0) is 13.5. The molecule has 0 saturated carbocycles. The molecule has 3 nitrogen and oxygen atoms in total. The molecular weight excluding hydrogens is 275 g/mol. The number of halogens is 3. The van der Waals surface area contributed by atoms with Crippen LogP contribution in [0.15, 0.2) is 0 Å².